The van der Waals surface area contributed by atoms with Gasteiger partial charge in [-0.25, -0.2) is 9.59 Å². The Balaban J connectivity index is 2.58. The molecular formula is C19H25N3O7. The molecule has 1 heterocycles. The molecule has 2 rings (SSSR count). The molecule has 0 radical (unpaired) electrons. The standard InChI is InChI=1S/C19H25N3O7/c1-5-7-28-17-13(22(25)26)9-12(10-14(17)27-4)16-15(18(23)29-8-6-2)11(3)20-19(24)21-16/h9-10,16H,5-8H2,1-4H3,(H2,20,21,24). The highest BCUT2D eigenvalue weighted by Crippen LogP contribution is 2.41. The number of ether oxygens (including phenoxy) is 3. The predicted molar refractivity (Wildman–Crippen MR) is 104 cm³/mol. The van der Waals surface area contributed by atoms with E-state index in [4.69, 9.17) is 14.2 Å². The van der Waals surface area contributed by atoms with Gasteiger partial charge in [-0.1, -0.05) is 13.8 Å². The van der Waals surface area contributed by atoms with Crippen LogP contribution in [0.3, 0.4) is 0 Å². The summed E-state index contributed by atoms with van der Waals surface area (Å²) in [7, 11) is 1.36. The molecule has 10 nitrogen and oxygen atoms in total. The number of hydrogen-bond donors (Lipinski definition) is 2. The third-order valence-electron chi connectivity index (χ3n) is 4.18. The van der Waals surface area contributed by atoms with Crippen LogP contribution in [0.25, 0.3) is 0 Å². The van der Waals surface area contributed by atoms with Gasteiger partial charge in [0, 0.05) is 11.8 Å². The molecule has 1 unspecified atom stereocenters. The average Bonchev–Trinajstić information content (AvgIpc) is 2.69. The van der Waals surface area contributed by atoms with Crippen LogP contribution in [0.1, 0.15) is 45.2 Å². The molecule has 1 atom stereocenters. The quantitative estimate of drug-likeness (QED) is 0.366. The van der Waals surface area contributed by atoms with Crippen LogP contribution in [0.15, 0.2) is 23.4 Å². The Morgan fingerprint density at radius 3 is 2.52 bits per heavy atom. The van der Waals surface area contributed by atoms with Gasteiger partial charge in [0.05, 0.1) is 36.9 Å². The van der Waals surface area contributed by atoms with Gasteiger partial charge in [-0.15, -0.1) is 0 Å². The third kappa shape index (κ3) is 4.95. The number of benzene rings is 1. The van der Waals surface area contributed by atoms with Gasteiger partial charge < -0.3 is 24.8 Å². The van der Waals surface area contributed by atoms with Gasteiger partial charge in [0.15, 0.2) is 5.75 Å². The second kappa shape index (κ2) is 9.76. The molecule has 0 aliphatic carbocycles. The molecule has 0 aromatic heterocycles. The van der Waals surface area contributed by atoms with E-state index in [1.807, 2.05) is 13.8 Å². The number of nitrogens with zero attached hydrogens (tertiary/aromatic N) is 1. The lowest BCUT2D eigenvalue weighted by Crippen LogP contribution is -2.45. The SMILES string of the molecule is CCCOC(=O)C1=C(C)NC(=O)NC1c1cc(OC)c(OCCC)c([N+](=O)[O-])c1. The number of carbonyl (C=O) groups excluding carboxylic acids is 2. The van der Waals surface area contributed by atoms with Crippen LogP contribution in [0.2, 0.25) is 0 Å². The van der Waals surface area contributed by atoms with Gasteiger partial charge in [0.25, 0.3) is 0 Å². The molecule has 1 aromatic carbocycles. The van der Waals surface area contributed by atoms with Crippen molar-refractivity contribution in [2.75, 3.05) is 20.3 Å². The molecule has 2 N–H and O–H groups in total. The van der Waals surface area contributed by atoms with Gasteiger partial charge in [0.1, 0.15) is 0 Å². The number of nitro benzene ring substituents is 1. The number of esters is 1. The molecule has 10 heteroatoms. The highest BCUT2D eigenvalue weighted by atomic mass is 16.6. The first-order valence-electron chi connectivity index (χ1n) is 9.28. The van der Waals surface area contributed by atoms with Crippen LogP contribution in [0, 0.1) is 10.1 Å². The zero-order chi connectivity index (χ0) is 21.6. The maximum atomic E-state index is 12.6. The number of urea groups is 1. The molecule has 0 saturated heterocycles. The predicted octanol–water partition coefficient (Wildman–Crippen LogP) is 2.97. The van der Waals surface area contributed by atoms with E-state index in [9.17, 15) is 19.7 Å². The molecule has 1 aliphatic heterocycles. The minimum Gasteiger partial charge on any atom is -0.493 e. The summed E-state index contributed by atoms with van der Waals surface area (Å²) in [6.45, 7) is 5.78. The number of methoxy groups -OCH3 is 1. The number of hydrogen-bond acceptors (Lipinski definition) is 7. The Hall–Kier alpha value is -3.30. The normalized spacial score (nSPS) is 16.0. The number of allylic oxidation sites excluding steroid dienone is 1. The van der Waals surface area contributed by atoms with E-state index in [1.54, 1.807) is 6.92 Å². The minimum absolute atomic E-state index is 0.000767. The summed E-state index contributed by atoms with van der Waals surface area (Å²) in [5.74, 6) is -0.483. The van der Waals surface area contributed by atoms with Gasteiger partial charge >= 0.3 is 17.7 Å². The summed E-state index contributed by atoms with van der Waals surface area (Å²) >= 11 is 0. The lowest BCUT2D eigenvalue weighted by atomic mass is 9.94. The van der Waals surface area contributed by atoms with Crippen LogP contribution in [0.4, 0.5) is 10.5 Å². The Bertz CT molecular complexity index is 835. The fraction of sp³-hybridized carbons (Fsp3) is 0.474. The number of carbonyl (C=O) groups is 2. The van der Waals surface area contributed by atoms with Crippen LogP contribution in [0.5, 0.6) is 11.5 Å². The zero-order valence-electron chi connectivity index (χ0n) is 16.9. The molecule has 0 saturated carbocycles. The molecule has 158 valence electrons. The lowest BCUT2D eigenvalue weighted by Gasteiger charge is -2.28. The molecule has 0 fully saturated rings. The summed E-state index contributed by atoms with van der Waals surface area (Å²) in [5.41, 5.74) is 0.457. The Kier molecular flexibility index (Phi) is 7.40. The zero-order valence-corrected chi connectivity index (χ0v) is 16.9. The van der Waals surface area contributed by atoms with E-state index < -0.39 is 23.0 Å². The fourth-order valence-electron chi connectivity index (χ4n) is 2.90. The maximum absolute atomic E-state index is 12.6. The van der Waals surface area contributed by atoms with E-state index in [0.717, 1.165) is 0 Å². The highest BCUT2D eigenvalue weighted by molar-refractivity contribution is 5.95. The molecular weight excluding hydrogens is 382 g/mol. The van der Waals surface area contributed by atoms with Crippen LogP contribution >= 0.6 is 0 Å². The van der Waals surface area contributed by atoms with Crippen LogP contribution < -0.4 is 20.1 Å². The van der Waals surface area contributed by atoms with E-state index in [2.05, 4.69) is 10.6 Å². The molecule has 0 bridgehead atoms. The summed E-state index contributed by atoms with van der Waals surface area (Å²) in [6, 6.07) is 1.30. The van der Waals surface area contributed by atoms with E-state index >= 15 is 0 Å². The largest absolute Gasteiger partial charge is 0.493 e. The molecule has 29 heavy (non-hydrogen) atoms. The molecule has 1 aliphatic rings. The van der Waals surface area contributed by atoms with Crippen LogP contribution in [-0.2, 0) is 9.53 Å². The lowest BCUT2D eigenvalue weighted by molar-refractivity contribution is -0.386. The summed E-state index contributed by atoms with van der Waals surface area (Å²) < 4.78 is 16.0. The van der Waals surface area contributed by atoms with Gasteiger partial charge in [0.2, 0.25) is 5.75 Å². The maximum Gasteiger partial charge on any atom is 0.338 e. The van der Waals surface area contributed by atoms with Crippen molar-refractivity contribution in [2.24, 2.45) is 0 Å². The number of nitro groups is 1. The van der Waals surface area contributed by atoms with E-state index in [1.165, 1.54) is 19.2 Å². The van der Waals surface area contributed by atoms with E-state index in [-0.39, 0.29) is 36.0 Å². The summed E-state index contributed by atoms with van der Waals surface area (Å²) in [6.07, 6.45) is 1.28. The molecule has 0 spiro atoms. The van der Waals surface area contributed by atoms with Gasteiger partial charge in [-0.2, -0.15) is 0 Å². The van der Waals surface area contributed by atoms with Gasteiger partial charge in [-0.3, -0.25) is 10.1 Å². The van der Waals surface area contributed by atoms with Crippen molar-refractivity contribution in [3.8, 4) is 11.5 Å². The number of amides is 2. The van der Waals surface area contributed by atoms with E-state index in [0.29, 0.717) is 24.1 Å². The Labute approximate surface area is 168 Å². The van der Waals surface area contributed by atoms with Crippen molar-refractivity contribution in [1.82, 2.24) is 10.6 Å². The average molecular weight is 407 g/mol. The fourth-order valence-corrected chi connectivity index (χ4v) is 2.90. The summed E-state index contributed by atoms with van der Waals surface area (Å²) in [5, 5.41) is 16.8. The first-order valence-corrected chi connectivity index (χ1v) is 9.28. The summed E-state index contributed by atoms with van der Waals surface area (Å²) in [4.78, 5) is 35.6. The third-order valence-corrected chi connectivity index (χ3v) is 4.18. The van der Waals surface area contributed by atoms with Crippen LogP contribution in [-0.4, -0.2) is 37.2 Å². The van der Waals surface area contributed by atoms with Crippen molar-refractivity contribution >= 4 is 17.7 Å². The smallest absolute Gasteiger partial charge is 0.338 e. The first-order chi connectivity index (χ1) is 13.8. The minimum atomic E-state index is -0.944. The topological polar surface area (TPSA) is 129 Å². The number of nitrogens with one attached hydrogen (secondary N) is 2. The first kappa shape index (κ1) is 22.0. The number of rotatable bonds is 9. The Morgan fingerprint density at radius 1 is 1.24 bits per heavy atom. The molecule has 2 amide bonds. The van der Waals surface area contributed by atoms with Crippen molar-refractivity contribution in [3.05, 3.63) is 39.1 Å². The van der Waals surface area contributed by atoms with Gasteiger partial charge in [-0.05, 0) is 31.4 Å². The second-order valence-corrected chi connectivity index (χ2v) is 6.38. The highest BCUT2D eigenvalue weighted by Gasteiger charge is 2.35. The monoisotopic (exact) mass is 407 g/mol. The Morgan fingerprint density at radius 2 is 1.93 bits per heavy atom. The van der Waals surface area contributed by atoms with Crippen molar-refractivity contribution in [3.63, 3.8) is 0 Å². The van der Waals surface area contributed by atoms with Crippen molar-refractivity contribution in [1.29, 1.82) is 0 Å². The molecule has 1 aromatic rings. The second-order valence-electron chi connectivity index (χ2n) is 6.38. The van der Waals surface area contributed by atoms with Crippen molar-refractivity contribution in [2.45, 2.75) is 39.7 Å². The van der Waals surface area contributed by atoms with Crippen molar-refractivity contribution < 1.29 is 28.7 Å².